The van der Waals surface area contributed by atoms with Gasteiger partial charge in [-0.15, -0.1) is 0 Å². The summed E-state index contributed by atoms with van der Waals surface area (Å²) in [5.41, 5.74) is 11.8. The number of aliphatic hydroxyl groups excluding tert-OH is 1. The van der Waals surface area contributed by atoms with Crippen LogP contribution in [0.5, 0.6) is 0 Å². The molecule has 0 aliphatic rings. The first kappa shape index (κ1) is 16.4. The van der Waals surface area contributed by atoms with E-state index in [2.05, 4.69) is 35.6 Å². The fourth-order valence-electron chi connectivity index (χ4n) is 3.23. The smallest absolute Gasteiger partial charge is 0.0751 e. The van der Waals surface area contributed by atoms with Gasteiger partial charge in [0.15, 0.2) is 0 Å². The molecule has 26 heavy (non-hydrogen) atoms. The minimum atomic E-state index is 0.220. The van der Waals surface area contributed by atoms with Gasteiger partial charge in [-0.1, -0.05) is 30.3 Å². The zero-order valence-corrected chi connectivity index (χ0v) is 14.4. The van der Waals surface area contributed by atoms with Gasteiger partial charge in [-0.05, 0) is 54.8 Å². The molecule has 4 aromatic rings. The van der Waals surface area contributed by atoms with Gasteiger partial charge in [-0.25, -0.2) is 4.98 Å². The van der Waals surface area contributed by atoms with E-state index in [1.165, 1.54) is 5.56 Å². The molecule has 0 spiro atoms. The van der Waals surface area contributed by atoms with E-state index in [4.69, 9.17) is 15.8 Å². The highest BCUT2D eigenvalue weighted by Gasteiger charge is 2.09. The number of pyridine rings is 1. The predicted molar refractivity (Wildman–Crippen MR) is 109 cm³/mol. The Kier molecular flexibility index (Phi) is 4.42. The molecule has 0 bridgehead atoms. The van der Waals surface area contributed by atoms with Crippen molar-refractivity contribution in [2.24, 2.45) is 0 Å². The number of rotatable bonds is 5. The normalized spacial score (nSPS) is 11.1. The van der Waals surface area contributed by atoms with Crippen LogP contribution in [0.15, 0.2) is 66.7 Å². The molecule has 0 atom stereocenters. The number of aliphatic hydroxyl groups is 1. The zero-order valence-electron chi connectivity index (χ0n) is 14.4. The molecule has 0 aliphatic heterocycles. The van der Waals surface area contributed by atoms with Crippen molar-refractivity contribution in [1.82, 2.24) is 4.98 Å². The molecule has 0 aliphatic carbocycles. The molecule has 4 rings (SSSR count). The molecule has 0 saturated heterocycles. The first-order valence-electron chi connectivity index (χ1n) is 8.79. The molecular formula is C22H21N3O. The van der Waals surface area contributed by atoms with Gasteiger partial charge in [0.2, 0.25) is 0 Å². The van der Waals surface area contributed by atoms with Gasteiger partial charge in [0.1, 0.15) is 0 Å². The number of anilines is 3. The molecular weight excluding hydrogens is 322 g/mol. The monoisotopic (exact) mass is 343 g/mol. The Balaban J connectivity index is 1.78. The van der Waals surface area contributed by atoms with Crippen molar-refractivity contribution in [2.75, 3.05) is 17.7 Å². The van der Waals surface area contributed by atoms with Gasteiger partial charge in [0.25, 0.3) is 0 Å². The highest BCUT2D eigenvalue weighted by Crippen LogP contribution is 2.33. The van der Waals surface area contributed by atoms with E-state index in [0.717, 1.165) is 46.0 Å². The molecule has 4 nitrogen and oxygen atoms in total. The Morgan fingerprint density at radius 3 is 2.46 bits per heavy atom. The summed E-state index contributed by atoms with van der Waals surface area (Å²) in [6.45, 7) is 0.220. The maximum absolute atomic E-state index is 8.97. The minimum absolute atomic E-state index is 0.220. The largest absolute Gasteiger partial charge is 0.399 e. The van der Waals surface area contributed by atoms with Crippen LogP contribution in [-0.4, -0.2) is 16.7 Å². The van der Waals surface area contributed by atoms with Crippen LogP contribution in [0.1, 0.15) is 12.0 Å². The first-order chi connectivity index (χ1) is 12.7. The number of para-hydroxylation sites is 1. The summed E-state index contributed by atoms with van der Waals surface area (Å²) >= 11 is 0. The van der Waals surface area contributed by atoms with Crippen molar-refractivity contribution < 1.29 is 5.11 Å². The third-order valence-electron chi connectivity index (χ3n) is 4.55. The van der Waals surface area contributed by atoms with Gasteiger partial charge in [-0.2, -0.15) is 0 Å². The van der Waals surface area contributed by atoms with Crippen molar-refractivity contribution in [1.29, 1.82) is 0 Å². The number of nitrogens with two attached hydrogens (primary N) is 1. The molecule has 0 saturated carbocycles. The van der Waals surface area contributed by atoms with Crippen LogP contribution in [0.2, 0.25) is 0 Å². The van der Waals surface area contributed by atoms with Crippen LogP contribution in [0.3, 0.4) is 0 Å². The molecule has 0 amide bonds. The van der Waals surface area contributed by atoms with Gasteiger partial charge in [0.05, 0.1) is 16.7 Å². The Hall–Kier alpha value is -3.11. The number of nitrogens with one attached hydrogen (secondary N) is 1. The predicted octanol–water partition coefficient (Wildman–Crippen LogP) is 4.64. The molecule has 3 aromatic carbocycles. The van der Waals surface area contributed by atoms with E-state index in [9.17, 15) is 0 Å². The number of benzene rings is 3. The third-order valence-corrected chi connectivity index (χ3v) is 4.55. The number of aryl methyl sites for hydroxylation is 1. The van der Waals surface area contributed by atoms with Crippen molar-refractivity contribution in [3.05, 3.63) is 72.3 Å². The standard InChI is InChI=1S/C22H21N3O/c23-16-9-12-19-21(14-16)25-20-6-2-1-5-18(20)22(19)24-17-10-7-15(8-11-17)4-3-13-26/h1-2,5-12,14,26H,3-4,13,23H2,(H,24,25). The second kappa shape index (κ2) is 7.02. The Morgan fingerprint density at radius 2 is 1.65 bits per heavy atom. The fourth-order valence-corrected chi connectivity index (χ4v) is 3.23. The first-order valence-corrected chi connectivity index (χ1v) is 8.79. The molecule has 1 aromatic heterocycles. The second-order valence-corrected chi connectivity index (χ2v) is 6.43. The molecule has 0 radical (unpaired) electrons. The quantitative estimate of drug-likeness (QED) is 0.365. The Labute approximate surface area is 152 Å². The van der Waals surface area contributed by atoms with Crippen LogP contribution in [0, 0.1) is 0 Å². The second-order valence-electron chi connectivity index (χ2n) is 6.43. The highest BCUT2D eigenvalue weighted by molar-refractivity contribution is 6.09. The Morgan fingerprint density at radius 1 is 0.885 bits per heavy atom. The van der Waals surface area contributed by atoms with Gasteiger partial charge in [-0.3, -0.25) is 0 Å². The topological polar surface area (TPSA) is 71.2 Å². The molecule has 0 unspecified atom stereocenters. The van der Waals surface area contributed by atoms with Gasteiger partial charge >= 0.3 is 0 Å². The summed E-state index contributed by atoms with van der Waals surface area (Å²) < 4.78 is 0. The fraction of sp³-hybridized carbons (Fsp3) is 0.136. The maximum Gasteiger partial charge on any atom is 0.0751 e. The number of nitrogen functional groups attached to an aromatic ring is 1. The van der Waals surface area contributed by atoms with Gasteiger partial charge in [0, 0.05) is 28.8 Å². The molecule has 1 heterocycles. The SMILES string of the molecule is Nc1ccc2c(Nc3ccc(CCCO)cc3)c3ccccc3nc2c1. The van der Waals surface area contributed by atoms with Crippen LogP contribution in [-0.2, 0) is 6.42 Å². The summed E-state index contributed by atoms with van der Waals surface area (Å²) in [6.07, 6.45) is 1.67. The molecule has 0 fully saturated rings. The number of nitrogens with zero attached hydrogens (tertiary/aromatic N) is 1. The van der Waals surface area contributed by atoms with Crippen molar-refractivity contribution in [3.63, 3.8) is 0 Å². The summed E-state index contributed by atoms with van der Waals surface area (Å²) in [6, 6.07) is 22.3. The molecule has 4 N–H and O–H groups in total. The van der Waals surface area contributed by atoms with E-state index < -0.39 is 0 Å². The zero-order chi connectivity index (χ0) is 17.9. The van der Waals surface area contributed by atoms with Crippen molar-refractivity contribution in [2.45, 2.75) is 12.8 Å². The number of hydrogen-bond donors (Lipinski definition) is 3. The number of fused-ring (bicyclic) bond motifs is 2. The highest BCUT2D eigenvalue weighted by atomic mass is 16.2. The lowest BCUT2D eigenvalue weighted by Crippen LogP contribution is -1.97. The summed E-state index contributed by atoms with van der Waals surface area (Å²) in [5.74, 6) is 0. The van der Waals surface area contributed by atoms with Crippen LogP contribution >= 0.6 is 0 Å². The van der Waals surface area contributed by atoms with Crippen LogP contribution < -0.4 is 11.1 Å². The summed E-state index contributed by atoms with van der Waals surface area (Å²) in [5, 5.41) is 14.7. The average Bonchev–Trinajstić information content (AvgIpc) is 2.67. The van der Waals surface area contributed by atoms with E-state index >= 15 is 0 Å². The van der Waals surface area contributed by atoms with Crippen LogP contribution in [0.4, 0.5) is 17.1 Å². The van der Waals surface area contributed by atoms with E-state index in [-0.39, 0.29) is 6.61 Å². The maximum atomic E-state index is 8.97. The lowest BCUT2D eigenvalue weighted by Gasteiger charge is -2.14. The Bertz CT molecular complexity index is 1060. The lowest BCUT2D eigenvalue weighted by molar-refractivity contribution is 0.288. The number of hydrogen-bond acceptors (Lipinski definition) is 4. The van der Waals surface area contributed by atoms with Crippen molar-refractivity contribution >= 4 is 38.9 Å². The lowest BCUT2D eigenvalue weighted by atomic mass is 10.1. The molecule has 4 heteroatoms. The van der Waals surface area contributed by atoms with Crippen LogP contribution in [0.25, 0.3) is 21.8 Å². The average molecular weight is 343 g/mol. The van der Waals surface area contributed by atoms with E-state index in [1.54, 1.807) is 0 Å². The van der Waals surface area contributed by atoms with E-state index in [0.29, 0.717) is 5.69 Å². The summed E-state index contributed by atoms with van der Waals surface area (Å²) in [4.78, 5) is 4.74. The van der Waals surface area contributed by atoms with Gasteiger partial charge < -0.3 is 16.2 Å². The third kappa shape index (κ3) is 3.19. The van der Waals surface area contributed by atoms with Crippen molar-refractivity contribution in [3.8, 4) is 0 Å². The molecule has 130 valence electrons. The summed E-state index contributed by atoms with van der Waals surface area (Å²) in [7, 11) is 0. The number of aromatic nitrogens is 1. The van der Waals surface area contributed by atoms with E-state index in [1.807, 2.05) is 36.4 Å². The minimum Gasteiger partial charge on any atom is -0.399 e.